The van der Waals surface area contributed by atoms with E-state index in [0.29, 0.717) is 23.0 Å². The van der Waals surface area contributed by atoms with Crippen molar-refractivity contribution in [1.82, 2.24) is 5.32 Å². The fourth-order valence-electron chi connectivity index (χ4n) is 5.99. The fraction of sp³-hybridized carbons (Fsp3) is 0. The predicted molar refractivity (Wildman–Crippen MR) is 178 cm³/mol. The highest BCUT2D eigenvalue weighted by Crippen LogP contribution is 2.38. The lowest BCUT2D eigenvalue weighted by Gasteiger charge is -2.29. The number of carbonyl (C=O) groups excluding carboxylic acids is 4. The van der Waals surface area contributed by atoms with Crippen LogP contribution in [0.4, 0.5) is 5.69 Å². The smallest absolute Gasteiger partial charge is 0.265 e. The predicted octanol–water partition coefficient (Wildman–Crippen LogP) is 6.94. The molecule has 0 saturated heterocycles. The van der Waals surface area contributed by atoms with Crippen LogP contribution in [0.3, 0.4) is 0 Å². The first kappa shape index (κ1) is 29.8. The molecule has 2 aliphatic heterocycles. The number of para-hydroxylation sites is 1. The molecule has 10 nitrogen and oxygen atoms in total. The second kappa shape index (κ2) is 11.3. The lowest BCUT2D eigenvalue weighted by molar-refractivity contribution is 0.0837. The van der Waals surface area contributed by atoms with E-state index in [0.717, 1.165) is 4.90 Å². The number of sulfone groups is 1. The number of anilines is 1. The number of imide groups is 2. The molecule has 0 spiro atoms. The Bertz CT molecular complexity index is 2430. The summed E-state index contributed by atoms with van der Waals surface area (Å²) in [6.45, 7) is 0. The van der Waals surface area contributed by atoms with Gasteiger partial charge in [-0.3, -0.25) is 24.5 Å². The number of carbonyl (C=O) groups is 4. The number of rotatable bonds is 7. The third-order valence-electron chi connectivity index (χ3n) is 8.30. The minimum Gasteiger partial charge on any atom is -0.457 e. The molecule has 0 unspecified atom stereocenters. The van der Waals surface area contributed by atoms with Crippen molar-refractivity contribution in [3.8, 4) is 23.0 Å². The van der Waals surface area contributed by atoms with Gasteiger partial charge in [-0.05, 0) is 97.1 Å². The van der Waals surface area contributed by atoms with E-state index in [9.17, 15) is 27.6 Å². The summed E-state index contributed by atoms with van der Waals surface area (Å²) < 4.78 is 38.4. The van der Waals surface area contributed by atoms with Gasteiger partial charge in [-0.25, -0.2) is 13.3 Å². The molecule has 0 aromatic heterocycles. The van der Waals surface area contributed by atoms with Gasteiger partial charge in [0.15, 0.2) is 0 Å². The van der Waals surface area contributed by atoms with E-state index in [1.54, 1.807) is 42.5 Å². The van der Waals surface area contributed by atoms with Crippen LogP contribution in [0, 0.1) is 0 Å². The van der Waals surface area contributed by atoms with Gasteiger partial charge in [-0.15, -0.1) is 0 Å². The van der Waals surface area contributed by atoms with E-state index in [4.69, 9.17) is 9.47 Å². The van der Waals surface area contributed by atoms with Gasteiger partial charge in [0, 0.05) is 39.1 Å². The molecule has 0 saturated carbocycles. The molecule has 0 bridgehead atoms. The number of amides is 4. The molecule has 0 fully saturated rings. The Balaban J connectivity index is 1.03. The molecule has 6 aromatic rings. The van der Waals surface area contributed by atoms with Gasteiger partial charge in [-0.1, -0.05) is 24.3 Å². The Labute approximate surface area is 279 Å². The molecule has 0 aliphatic carbocycles. The molecule has 4 amide bonds. The molecule has 238 valence electrons. The van der Waals surface area contributed by atoms with Gasteiger partial charge in [-0.2, -0.15) is 0 Å². The van der Waals surface area contributed by atoms with Crippen molar-refractivity contribution in [2.75, 3.05) is 4.90 Å². The largest absolute Gasteiger partial charge is 0.457 e. The fourth-order valence-corrected chi connectivity index (χ4v) is 7.25. The SMILES string of the molecule is O=C1NC(=O)c2ccc3c4c(ccc1c24)C(=O)N(c1cccc(Oc2ccc(S(=O)(=O)c4ccc(Oc5ccccc5)cc4)cc2)c1)C3=O. The molecule has 6 aromatic carbocycles. The summed E-state index contributed by atoms with van der Waals surface area (Å²) >= 11 is 0. The molecule has 0 atom stereocenters. The van der Waals surface area contributed by atoms with Crippen molar-refractivity contribution < 1.29 is 37.1 Å². The highest BCUT2D eigenvalue weighted by molar-refractivity contribution is 7.91. The average Bonchev–Trinajstić information content (AvgIpc) is 3.11. The summed E-state index contributed by atoms with van der Waals surface area (Å²) in [6, 6.07) is 33.4. The molecular weight excluding hydrogens is 644 g/mol. The molecule has 0 radical (unpaired) electrons. The second-order valence-electron chi connectivity index (χ2n) is 11.3. The monoisotopic (exact) mass is 666 g/mol. The van der Waals surface area contributed by atoms with Crippen molar-refractivity contribution in [2.45, 2.75) is 9.79 Å². The maximum absolute atomic E-state index is 13.7. The zero-order chi connectivity index (χ0) is 33.9. The third kappa shape index (κ3) is 5.00. The number of ether oxygens (including phenoxy) is 2. The topological polar surface area (TPSA) is 136 Å². The van der Waals surface area contributed by atoms with Gasteiger partial charge in [0.2, 0.25) is 9.84 Å². The number of benzene rings is 6. The zero-order valence-electron chi connectivity index (χ0n) is 25.2. The van der Waals surface area contributed by atoms with Crippen molar-refractivity contribution in [3.63, 3.8) is 0 Å². The lowest BCUT2D eigenvalue weighted by Crippen LogP contribution is -2.42. The molecule has 8 rings (SSSR count). The summed E-state index contributed by atoms with van der Waals surface area (Å²) in [5, 5.41) is 2.82. The van der Waals surface area contributed by atoms with Crippen LogP contribution in [0.1, 0.15) is 41.4 Å². The number of hydrogen-bond donors (Lipinski definition) is 1. The van der Waals surface area contributed by atoms with Crippen LogP contribution in [-0.2, 0) is 9.84 Å². The minimum atomic E-state index is -3.84. The van der Waals surface area contributed by atoms with E-state index in [1.807, 2.05) is 18.2 Å². The summed E-state index contributed by atoms with van der Waals surface area (Å²) in [5.41, 5.74) is 1.02. The van der Waals surface area contributed by atoms with Crippen LogP contribution in [0.5, 0.6) is 23.0 Å². The molecule has 11 heteroatoms. The maximum atomic E-state index is 13.7. The first-order chi connectivity index (χ1) is 23.7. The zero-order valence-corrected chi connectivity index (χ0v) is 26.1. The van der Waals surface area contributed by atoms with Crippen LogP contribution in [-0.4, -0.2) is 32.0 Å². The van der Waals surface area contributed by atoms with E-state index in [2.05, 4.69) is 5.32 Å². The summed E-state index contributed by atoms with van der Waals surface area (Å²) in [5.74, 6) is -0.678. The van der Waals surface area contributed by atoms with E-state index >= 15 is 0 Å². The molecule has 2 aliphatic rings. The first-order valence-electron chi connectivity index (χ1n) is 15.0. The van der Waals surface area contributed by atoms with E-state index in [-0.39, 0.29) is 48.5 Å². The number of nitrogens with one attached hydrogen (secondary N) is 1. The van der Waals surface area contributed by atoms with Crippen molar-refractivity contribution in [3.05, 3.63) is 150 Å². The van der Waals surface area contributed by atoms with Gasteiger partial charge >= 0.3 is 0 Å². The normalized spacial score (nSPS) is 13.8. The Morgan fingerprint density at radius 1 is 0.469 bits per heavy atom. The third-order valence-corrected chi connectivity index (χ3v) is 10.1. The Hall–Kier alpha value is -6.59. The van der Waals surface area contributed by atoms with E-state index in [1.165, 1.54) is 66.7 Å². The second-order valence-corrected chi connectivity index (χ2v) is 13.2. The van der Waals surface area contributed by atoms with Gasteiger partial charge in [0.1, 0.15) is 23.0 Å². The standard InChI is InChI=1S/C38H22N2O8S/c41-35-29-17-19-31-34-32(20-18-30(33(29)34)36(42)39-35)38(44)40(37(31)43)22-5-4-8-26(21-22)48-25-11-15-28(16-12-25)49(45,46)27-13-9-24(10-14-27)47-23-6-2-1-3-7-23/h1-21H,(H,39,41,42). The van der Waals surface area contributed by atoms with Gasteiger partial charge < -0.3 is 9.47 Å². The van der Waals surface area contributed by atoms with Crippen LogP contribution in [0.15, 0.2) is 137 Å². The minimum absolute atomic E-state index is 0.0628. The summed E-state index contributed by atoms with van der Waals surface area (Å²) in [6.07, 6.45) is 0. The van der Waals surface area contributed by atoms with Gasteiger partial charge in [0.25, 0.3) is 23.6 Å². The summed E-state index contributed by atoms with van der Waals surface area (Å²) in [4.78, 5) is 53.6. The van der Waals surface area contributed by atoms with Crippen LogP contribution < -0.4 is 19.7 Å². The summed E-state index contributed by atoms with van der Waals surface area (Å²) in [7, 11) is -3.84. The Morgan fingerprint density at radius 2 is 0.918 bits per heavy atom. The maximum Gasteiger partial charge on any atom is 0.265 e. The van der Waals surface area contributed by atoms with Crippen molar-refractivity contribution in [1.29, 1.82) is 0 Å². The van der Waals surface area contributed by atoms with Crippen molar-refractivity contribution in [2.24, 2.45) is 0 Å². The van der Waals surface area contributed by atoms with E-state index < -0.39 is 33.5 Å². The highest BCUT2D eigenvalue weighted by Gasteiger charge is 2.38. The van der Waals surface area contributed by atoms with Crippen molar-refractivity contribution >= 4 is 49.9 Å². The van der Waals surface area contributed by atoms with Crippen LogP contribution in [0.2, 0.25) is 0 Å². The molecule has 1 N–H and O–H groups in total. The Morgan fingerprint density at radius 3 is 1.47 bits per heavy atom. The quantitative estimate of drug-likeness (QED) is 0.181. The number of hydrogen-bond acceptors (Lipinski definition) is 8. The first-order valence-corrected chi connectivity index (χ1v) is 16.5. The molecular formula is C38H22N2O8S. The van der Waals surface area contributed by atoms with Gasteiger partial charge in [0.05, 0.1) is 15.5 Å². The average molecular weight is 667 g/mol. The molecule has 2 heterocycles. The Kier molecular flexibility index (Phi) is 6.86. The van der Waals surface area contributed by atoms with Crippen LogP contribution >= 0.6 is 0 Å². The van der Waals surface area contributed by atoms with Crippen LogP contribution in [0.25, 0.3) is 10.8 Å². The highest BCUT2D eigenvalue weighted by atomic mass is 32.2. The molecule has 49 heavy (non-hydrogen) atoms. The number of nitrogens with zero attached hydrogens (tertiary/aromatic N) is 1. The lowest BCUT2D eigenvalue weighted by atomic mass is 9.86.